The fourth-order valence-electron chi connectivity index (χ4n) is 4.33. The summed E-state index contributed by atoms with van der Waals surface area (Å²) in [4.78, 5) is 15.5. The number of rotatable bonds is 8. The van der Waals surface area contributed by atoms with Crippen LogP contribution in [0.5, 0.6) is 11.5 Å². The lowest BCUT2D eigenvalue weighted by molar-refractivity contribution is -0.134. The highest BCUT2D eigenvalue weighted by molar-refractivity contribution is 6.03. The van der Waals surface area contributed by atoms with Gasteiger partial charge in [-0.25, -0.2) is 5.01 Å². The van der Waals surface area contributed by atoms with Crippen molar-refractivity contribution in [2.24, 2.45) is 5.10 Å². The van der Waals surface area contributed by atoms with Gasteiger partial charge in [0.05, 0.1) is 32.5 Å². The Balaban J connectivity index is 1.63. The first-order chi connectivity index (χ1) is 16.5. The van der Waals surface area contributed by atoms with Crippen molar-refractivity contribution >= 4 is 11.6 Å². The lowest BCUT2D eigenvalue weighted by atomic mass is 9.97. The minimum Gasteiger partial charge on any atom is -0.497 e. The first-order valence-corrected chi connectivity index (χ1v) is 11.4. The van der Waals surface area contributed by atoms with E-state index in [1.54, 1.807) is 19.2 Å². The predicted octanol–water partition coefficient (Wildman–Crippen LogP) is 4.82. The second-order valence-electron chi connectivity index (χ2n) is 8.64. The van der Waals surface area contributed by atoms with Crippen LogP contribution in [0.4, 0.5) is 0 Å². The van der Waals surface area contributed by atoms with E-state index < -0.39 is 0 Å². The Hall–Kier alpha value is -3.64. The molecule has 1 amide bonds. The summed E-state index contributed by atoms with van der Waals surface area (Å²) in [7, 11) is 5.21. The van der Waals surface area contributed by atoms with Gasteiger partial charge < -0.3 is 9.47 Å². The molecule has 0 N–H and O–H groups in total. The molecule has 1 aliphatic rings. The molecule has 4 rings (SSSR count). The van der Waals surface area contributed by atoms with Gasteiger partial charge in [0.1, 0.15) is 11.5 Å². The lowest BCUT2D eigenvalue weighted by Gasteiger charge is -2.26. The molecule has 1 aliphatic heterocycles. The van der Waals surface area contributed by atoms with Crippen LogP contribution in [0, 0.1) is 6.92 Å². The van der Waals surface area contributed by atoms with Gasteiger partial charge in [0.2, 0.25) is 0 Å². The summed E-state index contributed by atoms with van der Waals surface area (Å²) >= 11 is 0. The van der Waals surface area contributed by atoms with Gasteiger partial charge in [0.25, 0.3) is 5.91 Å². The Bertz CT molecular complexity index is 1180. The van der Waals surface area contributed by atoms with Gasteiger partial charge in [0, 0.05) is 24.6 Å². The number of hydrogen-bond donors (Lipinski definition) is 0. The zero-order valence-electron chi connectivity index (χ0n) is 20.2. The third-order valence-corrected chi connectivity index (χ3v) is 6.02. The van der Waals surface area contributed by atoms with Crippen molar-refractivity contribution in [2.45, 2.75) is 25.9 Å². The monoisotopic (exact) mass is 457 g/mol. The summed E-state index contributed by atoms with van der Waals surface area (Å²) in [5.74, 6) is 1.34. The van der Waals surface area contributed by atoms with Crippen molar-refractivity contribution < 1.29 is 14.3 Å². The largest absolute Gasteiger partial charge is 0.497 e. The van der Waals surface area contributed by atoms with Crippen LogP contribution in [-0.4, -0.2) is 49.3 Å². The summed E-state index contributed by atoms with van der Waals surface area (Å²) in [5, 5.41) is 6.45. The van der Waals surface area contributed by atoms with Gasteiger partial charge in [-0.2, -0.15) is 5.10 Å². The molecule has 0 radical (unpaired) electrons. The lowest BCUT2D eigenvalue weighted by Crippen LogP contribution is -2.36. The number of aryl methyl sites for hydroxylation is 1. The van der Waals surface area contributed by atoms with E-state index in [0.29, 0.717) is 24.5 Å². The summed E-state index contributed by atoms with van der Waals surface area (Å²) in [6, 6.07) is 23.8. The van der Waals surface area contributed by atoms with Crippen LogP contribution in [0.15, 0.2) is 77.9 Å². The number of carbonyl (C=O) groups excluding carboxylic acids is 1. The minimum absolute atomic E-state index is 0.0519. The van der Waals surface area contributed by atoms with Crippen molar-refractivity contribution in [2.75, 3.05) is 27.8 Å². The SMILES string of the molecule is COc1ccc([C@H]2CC(c3cccc(C)c3)=NN2C(=O)CN(C)Cc2ccccc2)c(OC)c1. The first-order valence-electron chi connectivity index (χ1n) is 11.4. The normalized spacial score (nSPS) is 15.4. The van der Waals surface area contributed by atoms with Gasteiger partial charge in [-0.05, 0) is 37.2 Å². The molecule has 0 saturated heterocycles. The Morgan fingerprint density at radius 1 is 1.03 bits per heavy atom. The minimum atomic E-state index is -0.256. The summed E-state index contributed by atoms with van der Waals surface area (Å²) in [5.41, 5.74) is 5.16. The van der Waals surface area contributed by atoms with Crippen LogP contribution in [0.3, 0.4) is 0 Å². The number of hydrogen-bond acceptors (Lipinski definition) is 5. The van der Waals surface area contributed by atoms with Crippen LogP contribution < -0.4 is 9.47 Å². The number of nitrogens with zero attached hydrogens (tertiary/aromatic N) is 3. The number of carbonyl (C=O) groups is 1. The van der Waals surface area contributed by atoms with Crippen LogP contribution in [0.1, 0.15) is 34.7 Å². The van der Waals surface area contributed by atoms with Crippen molar-refractivity contribution in [3.05, 3.63) is 95.1 Å². The summed E-state index contributed by atoms with van der Waals surface area (Å²) < 4.78 is 11.0. The van der Waals surface area contributed by atoms with E-state index in [9.17, 15) is 4.79 Å². The molecule has 3 aromatic carbocycles. The topological polar surface area (TPSA) is 54.4 Å². The molecule has 176 valence electrons. The zero-order valence-corrected chi connectivity index (χ0v) is 20.2. The molecule has 0 bridgehead atoms. The van der Waals surface area contributed by atoms with Crippen molar-refractivity contribution in [1.29, 1.82) is 0 Å². The highest BCUT2D eigenvalue weighted by atomic mass is 16.5. The highest BCUT2D eigenvalue weighted by Crippen LogP contribution is 2.39. The second kappa shape index (κ2) is 10.5. The predicted molar refractivity (Wildman–Crippen MR) is 134 cm³/mol. The molecule has 1 atom stereocenters. The van der Waals surface area contributed by atoms with Crippen LogP contribution in [-0.2, 0) is 11.3 Å². The Labute approximate surface area is 201 Å². The van der Waals surface area contributed by atoms with Crippen LogP contribution in [0.2, 0.25) is 0 Å². The third-order valence-electron chi connectivity index (χ3n) is 6.02. The Kier molecular flexibility index (Phi) is 7.28. The number of hydrazone groups is 1. The van der Waals surface area contributed by atoms with Gasteiger partial charge in [0.15, 0.2) is 0 Å². The molecule has 6 nitrogen and oxygen atoms in total. The quantitative estimate of drug-likeness (QED) is 0.487. The Morgan fingerprint density at radius 3 is 2.53 bits per heavy atom. The van der Waals surface area contributed by atoms with E-state index in [0.717, 1.165) is 28.0 Å². The van der Waals surface area contributed by atoms with Crippen molar-refractivity contribution in [3.8, 4) is 11.5 Å². The second-order valence-corrected chi connectivity index (χ2v) is 8.64. The zero-order chi connectivity index (χ0) is 24.1. The van der Waals surface area contributed by atoms with E-state index in [4.69, 9.17) is 14.6 Å². The fraction of sp³-hybridized carbons (Fsp3) is 0.286. The molecule has 3 aromatic rings. The summed E-state index contributed by atoms with van der Waals surface area (Å²) in [6.45, 7) is 3.00. The number of benzene rings is 3. The average molecular weight is 458 g/mol. The van der Waals surface area contributed by atoms with E-state index in [2.05, 4.69) is 31.2 Å². The van der Waals surface area contributed by atoms with Crippen LogP contribution in [0.25, 0.3) is 0 Å². The molecule has 0 saturated carbocycles. The van der Waals surface area contributed by atoms with Gasteiger partial charge >= 0.3 is 0 Å². The fourth-order valence-corrected chi connectivity index (χ4v) is 4.33. The van der Waals surface area contributed by atoms with Gasteiger partial charge in [-0.3, -0.25) is 9.69 Å². The molecule has 0 aliphatic carbocycles. The molecular formula is C28H31N3O3. The average Bonchev–Trinajstić information content (AvgIpc) is 3.29. The molecule has 0 aromatic heterocycles. The molecule has 34 heavy (non-hydrogen) atoms. The summed E-state index contributed by atoms with van der Waals surface area (Å²) in [6.07, 6.45) is 0.611. The molecular weight excluding hydrogens is 426 g/mol. The number of amides is 1. The molecule has 0 spiro atoms. The van der Waals surface area contributed by atoms with E-state index >= 15 is 0 Å². The maximum Gasteiger partial charge on any atom is 0.257 e. The number of ether oxygens (including phenoxy) is 2. The third kappa shape index (κ3) is 5.29. The molecule has 6 heteroatoms. The highest BCUT2D eigenvalue weighted by Gasteiger charge is 2.35. The van der Waals surface area contributed by atoms with Crippen LogP contribution >= 0.6 is 0 Å². The number of likely N-dealkylation sites (N-methyl/N-ethyl adjacent to an activating group) is 1. The maximum atomic E-state index is 13.5. The van der Waals surface area contributed by atoms with Gasteiger partial charge in [-0.1, -0.05) is 60.2 Å². The first kappa shape index (κ1) is 23.5. The van der Waals surface area contributed by atoms with Crippen molar-refractivity contribution in [3.63, 3.8) is 0 Å². The van der Waals surface area contributed by atoms with Crippen molar-refractivity contribution in [1.82, 2.24) is 9.91 Å². The number of methoxy groups -OCH3 is 2. The van der Waals surface area contributed by atoms with E-state index in [-0.39, 0.29) is 18.5 Å². The Morgan fingerprint density at radius 2 is 1.82 bits per heavy atom. The maximum absolute atomic E-state index is 13.5. The van der Waals surface area contributed by atoms with E-state index in [1.165, 1.54) is 0 Å². The van der Waals surface area contributed by atoms with E-state index in [1.807, 2.05) is 60.5 Å². The molecule has 0 fully saturated rings. The standard InChI is InChI=1S/C28H31N3O3/c1-20-9-8-12-22(15-20)25-17-26(24-14-13-23(33-3)16-27(24)34-4)31(29-25)28(32)19-30(2)18-21-10-6-5-7-11-21/h5-16,26H,17-19H2,1-4H3/t26-/m1/s1. The molecule has 0 unspecified atom stereocenters. The van der Waals surface area contributed by atoms with Gasteiger partial charge in [-0.15, -0.1) is 0 Å². The molecule has 1 heterocycles. The smallest absolute Gasteiger partial charge is 0.257 e.